The first kappa shape index (κ1) is 18.0. The number of imidazole rings is 1. The number of hydrogen-bond donors (Lipinski definition) is 2. The minimum Gasteiger partial charge on any atom is -0.496 e. The van der Waals surface area contributed by atoms with Crippen LogP contribution in [0.2, 0.25) is 0 Å². The lowest BCUT2D eigenvalue weighted by molar-refractivity contribution is -0.128. The Morgan fingerprint density at radius 2 is 2.18 bits per heavy atom. The fraction of sp³-hybridized carbons (Fsp3) is 0.286. The van der Waals surface area contributed by atoms with Crippen molar-refractivity contribution in [2.45, 2.75) is 12.8 Å². The first-order chi connectivity index (χ1) is 13.6. The van der Waals surface area contributed by atoms with Crippen molar-refractivity contribution < 1.29 is 14.3 Å². The van der Waals surface area contributed by atoms with Crippen LogP contribution in [0.5, 0.6) is 5.75 Å². The van der Waals surface area contributed by atoms with E-state index < -0.39 is 0 Å². The molecule has 0 spiro atoms. The summed E-state index contributed by atoms with van der Waals surface area (Å²) in [7, 11) is 1.64. The summed E-state index contributed by atoms with van der Waals surface area (Å²) in [5, 5.41) is 2.91. The van der Waals surface area contributed by atoms with Crippen molar-refractivity contribution in [2.24, 2.45) is 5.92 Å². The second-order valence-electron chi connectivity index (χ2n) is 6.93. The molecule has 0 aliphatic carbocycles. The SMILES string of the molecule is COc1ccccc1CCN1C[C@@H](C(=O)Nc2ccc3nc[nH]c3c2)CC1=O. The van der Waals surface area contributed by atoms with E-state index in [1.807, 2.05) is 42.5 Å². The molecular weight excluding hydrogens is 356 g/mol. The molecule has 2 N–H and O–H groups in total. The Morgan fingerprint density at radius 1 is 1.32 bits per heavy atom. The smallest absolute Gasteiger partial charge is 0.229 e. The number of carbonyl (C=O) groups is 2. The molecule has 0 saturated carbocycles. The molecule has 4 rings (SSSR count). The van der Waals surface area contributed by atoms with E-state index in [1.165, 1.54) is 0 Å². The van der Waals surface area contributed by atoms with Crippen LogP contribution >= 0.6 is 0 Å². The van der Waals surface area contributed by atoms with Crippen LogP contribution in [0.4, 0.5) is 5.69 Å². The van der Waals surface area contributed by atoms with Gasteiger partial charge < -0.3 is 19.9 Å². The van der Waals surface area contributed by atoms with Gasteiger partial charge >= 0.3 is 0 Å². The van der Waals surface area contributed by atoms with Gasteiger partial charge in [-0.1, -0.05) is 18.2 Å². The summed E-state index contributed by atoms with van der Waals surface area (Å²) < 4.78 is 5.36. The van der Waals surface area contributed by atoms with Crippen molar-refractivity contribution in [3.63, 3.8) is 0 Å². The number of fused-ring (bicyclic) bond motifs is 1. The quantitative estimate of drug-likeness (QED) is 0.690. The molecule has 1 atom stereocenters. The topological polar surface area (TPSA) is 87.3 Å². The van der Waals surface area contributed by atoms with Crippen molar-refractivity contribution in [1.82, 2.24) is 14.9 Å². The van der Waals surface area contributed by atoms with E-state index >= 15 is 0 Å². The van der Waals surface area contributed by atoms with Gasteiger partial charge in [-0.05, 0) is 36.2 Å². The second kappa shape index (κ2) is 7.72. The third kappa shape index (κ3) is 3.69. The van der Waals surface area contributed by atoms with E-state index in [0.717, 1.165) is 22.3 Å². The molecule has 1 aliphatic rings. The van der Waals surface area contributed by atoms with Crippen LogP contribution in [0.25, 0.3) is 11.0 Å². The molecule has 3 aromatic rings. The lowest BCUT2D eigenvalue weighted by Crippen LogP contribution is -2.30. The average Bonchev–Trinajstić information content (AvgIpc) is 3.32. The van der Waals surface area contributed by atoms with Gasteiger partial charge in [0.15, 0.2) is 0 Å². The number of amides is 2. The van der Waals surface area contributed by atoms with Gasteiger partial charge in [0.1, 0.15) is 5.75 Å². The Hall–Kier alpha value is -3.35. The Morgan fingerprint density at radius 3 is 3.04 bits per heavy atom. The van der Waals surface area contributed by atoms with Gasteiger partial charge in [0.2, 0.25) is 11.8 Å². The third-order valence-corrected chi connectivity index (χ3v) is 5.12. The molecule has 1 aromatic heterocycles. The van der Waals surface area contributed by atoms with Gasteiger partial charge in [-0.3, -0.25) is 9.59 Å². The van der Waals surface area contributed by atoms with Gasteiger partial charge in [-0.15, -0.1) is 0 Å². The number of para-hydroxylation sites is 1. The van der Waals surface area contributed by atoms with E-state index in [-0.39, 0.29) is 24.2 Å². The Bertz CT molecular complexity index is 1010. The molecule has 0 radical (unpaired) electrons. The largest absolute Gasteiger partial charge is 0.496 e. The molecule has 1 saturated heterocycles. The molecule has 0 bridgehead atoms. The molecular formula is C21H22N4O3. The number of anilines is 1. The van der Waals surface area contributed by atoms with Crippen molar-refractivity contribution in [1.29, 1.82) is 0 Å². The third-order valence-electron chi connectivity index (χ3n) is 5.12. The molecule has 0 unspecified atom stereocenters. The highest BCUT2D eigenvalue weighted by atomic mass is 16.5. The molecule has 7 nitrogen and oxygen atoms in total. The maximum atomic E-state index is 12.6. The van der Waals surface area contributed by atoms with Gasteiger partial charge in [-0.2, -0.15) is 0 Å². The minimum atomic E-state index is -0.345. The number of aromatic nitrogens is 2. The van der Waals surface area contributed by atoms with Gasteiger partial charge in [0.05, 0.1) is 30.4 Å². The normalized spacial score (nSPS) is 16.5. The minimum absolute atomic E-state index is 0.0130. The number of rotatable bonds is 6. The monoisotopic (exact) mass is 378 g/mol. The van der Waals surface area contributed by atoms with E-state index in [0.29, 0.717) is 25.2 Å². The second-order valence-corrected chi connectivity index (χ2v) is 6.93. The molecule has 2 heterocycles. The first-order valence-corrected chi connectivity index (χ1v) is 9.27. The van der Waals surface area contributed by atoms with Crippen molar-refractivity contribution >= 4 is 28.5 Å². The van der Waals surface area contributed by atoms with Crippen LogP contribution in [-0.2, 0) is 16.0 Å². The van der Waals surface area contributed by atoms with Crippen molar-refractivity contribution in [3.05, 3.63) is 54.4 Å². The van der Waals surface area contributed by atoms with Crippen LogP contribution in [0, 0.1) is 5.92 Å². The highest BCUT2D eigenvalue weighted by molar-refractivity contribution is 5.98. The van der Waals surface area contributed by atoms with E-state index in [1.54, 1.807) is 18.3 Å². The average molecular weight is 378 g/mol. The number of aromatic amines is 1. The van der Waals surface area contributed by atoms with Crippen LogP contribution in [-0.4, -0.2) is 46.9 Å². The number of nitrogens with one attached hydrogen (secondary N) is 2. The summed E-state index contributed by atoms with van der Waals surface area (Å²) >= 11 is 0. The lowest BCUT2D eigenvalue weighted by atomic mass is 10.1. The molecule has 1 fully saturated rings. The number of benzene rings is 2. The van der Waals surface area contributed by atoms with Gasteiger partial charge in [-0.25, -0.2) is 4.98 Å². The number of nitrogens with zero attached hydrogens (tertiary/aromatic N) is 2. The van der Waals surface area contributed by atoms with Crippen molar-refractivity contribution in [2.75, 3.05) is 25.5 Å². The molecule has 2 aromatic carbocycles. The van der Waals surface area contributed by atoms with E-state index in [9.17, 15) is 9.59 Å². The van der Waals surface area contributed by atoms with Gasteiger partial charge in [0.25, 0.3) is 0 Å². The van der Waals surface area contributed by atoms with Crippen LogP contribution in [0.1, 0.15) is 12.0 Å². The Labute approximate surface area is 162 Å². The maximum absolute atomic E-state index is 12.6. The number of carbonyl (C=O) groups excluding carboxylic acids is 2. The summed E-state index contributed by atoms with van der Waals surface area (Å²) in [6.07, 6.45) is 2.55. The molecule has 2 amide bonds. The summed E-state index contributed by atoms with van der Waals surface area (Å²) in [6.45, 7) is 1.01. The molecule has 28 heavy (non-hydrogen) atoms. The number of hydrogen-bond acceptors (Lipinski definition) is 4. The predicted molar refractivity (Wildman–Crippen MR) is 106 cm³/mol. The summed E-state index contributed by atoms with van der Waals surface area (Å²) in [5.74, 6) is 0.353. The Kier molecular flexibility index (Phi) is 4.97. The summed E-state index contributed by atoms with van der Waals surface area (Å²) in [5.41, 5.74) is 3.45. The zero-order valence-electron chi connectivity index (χ0n) is 15.6. The van der Waals surface area contributed by atoms with E-state index in [2.05, 4.69) is 15.3 Å². The predicted octanol–water partition coefficient (Wildman–Crippen LogP) is 2.60. The zero-order chi connectivity index (χ0) is 19.5. The molecule has 1 aliphatic heterocycles. The maximum Gasteiger partial charge on any atom is 0.229 e. The van der Waals surface area contributed by atoms with Crippen molar-refractivity contribution in [3.8, 4) is 5.75 Å². The molecule has 144 valence electrons. The lowest BCUT2D eigenvalue weighted by Gasteiger charge is -2.17. The van der Waals surface area contributed by atoms with Crippen LogP contribution in [0.15, 0.2) is 48.8 Å². The standard InChI is InChI=1S/C21H22N4O3/c1-28-19-5-3-2-4-14(19)8-9-25-12-15(10-20(25)26)21(27)24-16-6-7-17-18(11-16)23-13-22-17/h2-7,11,13,15H,8-10,12H2,1H3,(H,22,23)(H,24,27)/t15-/m0/s1. The van der Waals surface area contributed by atoms with Gasteiger partial charge in [0, 0.05) is 25.2 Å². The molecule has 7 heteroatoms. The zero-order valence-corrected chi connectivity index (χ0v) is 15.6. The highest BCUT2D eigenvalue weighted by Crippen LogP contribution is 2.23. The fourth-order valence-corrected chi connectivity index (χ4v) is 3.59. The summed E-state index contributed by atoms with van der Waals surface area (Å²) in [4.78, 5) is 33.9. The fourth-order valence-electron chi connectivity index (χ4n) is 3.59. The first-order valence-electron chi connectivity index (χ1n) is 9.27. The highest BCUT2D eigenvalue weighted by Gasteiger charge is 2.34. The van der Waals surface area contributed by atoms with Crippen LogP contribution in [0.3, 0.4) is 0 Å². The number of likely N-dealkylation sites (tertiary alicyclic amines) is 1. The number of H-pyrrole nitrogens is 1. The number of methoxy groups -OCH3 is 1. The van der Waals surface area contributed by atoms with E-state index in [4.69, 9.17) is 4.74 Å². The number of ether oxygens (including phenoxy) is 1. The Balaban J connectivity index is 1.36. The van der Waals surface area contributed by atoms with Crippen LogP contribution < -0.4 is 10.1 Å². The summed E-state index contributed by atoms with van der Waals surface area (Å²) in [6, 6.07) is 13.3.